The average Bonchev–Trinajstić information content (AvgIpc) is 2.53. The predicted octanol–water partition coefficient (Wildman–Crippen LogP) is 6.22. The van der Waals surface area contributed by atoms with Crippen LogP contribution < -0.4 is 9.47 Å². The molecule has 1 rings (SSSR count). The van der Waals surface area contributed by atoms with E-state index >= 15 is 0 Å². The van der Waals surface area contributed by atoms with Crippen LogP contribution in [-0.2, 0) is 11.3 Å². The molecule has 6 heteroatoms. The standard InChI is InChI=1S/C20H29Cl2NO3/c1-6-16-14-17(24-12-9-18(21)22)13-15(2)19(16)25-11-8-7-10-23-26-20(3,4)5/h9-10,13-14H,6-8,11-12H2,1-5H3/b23-10+. The second kappa shape index (κ2) is 11.3. The van der Waals surface area contributed by atoms with Gasteiger partial charge in [-0.25, -0.2) is 0 Å². The first kappa shape index (κ1) is 22.7. The fraction of sp³-hybridized carbons (Fsp3) is 0.550. The Labute approximate surface area is 167 Å². The van der Waals surface area contributed by atoms with E-state index < -0.39 is 0 Å². The van der Waals surface area contributed by atoms with Crippen LogP contribution in [0.4, 0.5) is 0 Å². The molecule has 0 unspecified atom stereocenters. The highest BCUT2D eigenvalue weighted by Crippen LogP contribution is 2.30. The minimum atomic E-state index is -0.255. The molecule has 0 saturated heterocycles. The van der Waals surface area contributed by atoms with Gasteiger partial charge in [-0.05, 0) is 76.3 Å². The first-order valence-electron chi connectivity index (χ1n) is 8.83. The van der Waals surface area contributed by atoms with Gasteiger partial charge < -0.3 is 14.3 Å². The van der Waals surface area contributed by atoms with Crippen LogP contribution in [0.15, 0.2) is 27.9 Å². The third-order valence-corrected chi connectivity index (χ3v) is 3.63. The molecule has 0 saturated carbocycles. The van der Waals surface area contributed by atoms with Crippen molar-refractivity contribution in [2.24, 2.45) is 5.16 Å². The van der Waals surface area contributed by atoms with Crippen molar-refractivity contribution in [2.45, 2.75) is 59.5 Å². The Morgan fingerprint density at radius 2 is 1.92 bits per heavy atom. The molecule has 0 spiro atoms. The number of hydrogen-bond acceptors (Lipinski definition) is 4. The molecule has 0 N–H and O–H groups in total. The molecule has 4 nitrogen and oxygen atoms in total. The minimum Gasteiger partial charge on any atom is -0.493 e. The molecule has 0 aliphatic rings. The lowest BCUT2D eigenvalue weighted by molar-refractivity contribution is 0.00155. The molecule has 0 bridgehead atoms. The number of rotatable bonds is 10. The Hall–Kier alpha value is -1.39. The molecular formula is C20H29Cl2NO3. The molecule has 0 aromatic heterocycles. The molecule has 0 aliphatic heterocycles. The van der Waals surface area contributed by atoms with Crippen molar-refractivity contribution in [1.29, 1.82) is 0 Å². The van der Waals surface area contributed by atoms with Gasteiger partial charge in [0.25, 0.3) is 0 Å². The quantitative estimate of drug-likeness (QED) is 0.265. The third kappa shape index (κ3) is 9.35. The van der Waals surface area contributed by atoms with E-state index in [1.165, 1.54) is 0 Å². The number of hydrogen-bond donors (Lipinski definition) is 0. The summed E-state index contributed by atoms with van der Waals surface area (Å²) in [5, 5.41) is 3.97. The van der Waals surface area contributed by atoms with Gasteiger partial charge in [0.1, 0.15) is 28.2 Å². The number of oxime groups is 1. The largest absolute Gasteiger partial charge is 0.493 e. The van der Waals surface area contributed by atoms with Crippen molar-refractivity contribution in [1.82, 2.24) is 0 Å². The van der Waals surface area contributed by atoms with Crippen molar-refractivity contribution in [3.63, 3.8) is 0 Å². The van der Waals surface area contributed by atoms with Gasteiger partial charge in [0.15, 0.2) is 0 Å². The van der Waals surface area contributed by atoms with Gasteiger partial charge in [-0.2, -0.15) is 0 Å². The first-order valence-corrected chi connectivity index (χ1v) is 9.58. The normalized spacial score (nSPS) is 11.5. The zero-order valence-electron chi connectivity index (χ0n) is 16.3. The molecule has 0 fully saturated rings. The molecule has 0 atom stereocenters. The number of ether oxygens (including phenoxy) is 2. The molecule has 1 aromatic carbocycles. The number of nitrogens with zero attached hydrogens (tertiary/aromatic N) is 1. The summed E-state index contributed by atoms with van der Waals surface area (Å²) in [5.41, 5.74) is 1.91. The smallest absolute Gasteiger partial charge is 0.129 e. The Morgan fingerprint density at radius 3 is 2.54 bits per heavy atom. The molecule has 0 heterocycles. The monoisotopic (exact) mass is 401 g/mol. The highest BCUT2D eigenvalue weighted by Gasteiger charge is 2.10. The van der Waals surface area contributed by atoms with Crippen molar-refractivity contribution < 1.29 is 14.3 Å². The second-order valence-electron chi connectivity index (χ2n) is 6.87. The summed E-state index contributed by atoms with van der Waals surface area (Å²) in [4.78, 5) is 5.30. The van der Waals surface area contributed by atoms with Crippen molar-refractivity contribution in [3.8, 4) is 11.5 Å². The summed E-state index contributed by atoms with van der Waals surface area (Å²) in [5.74, 6) is 1.71. The zero-order valence-corrected chi connectivity index (χ0v) is 17.8. The number of aryl methyl sites for hydroxylation is 2. The number of halogens is 2. The van der Waals surface area contributed by atoms with Gasteiger partial charge in [-0.15, -0.1) is 0 Å². The van der Waals surface area contributed by atoms with Crippen LogP contribution in [0.25, 0.3) is 0 Å². The van der Waals surface area contributed by atoms with Gasteiger partial charge >= 0.3 is 0 Å². The molecule has 26 heavy (non-hydrogen) atoms. The number of benzene rings is 1. The summed E-state index contributed by atoms with van der Waals surface area (Å²) in [6, 6.07) is 3.96. The Kier molecular flexibility index (Phi) is 9.89. The SMILES string of the molecule is CCc1cc(OCC=C(Cl)Cl)cc(C)c1OCCC/C=N/OC(C)(C)C. The second-order valence-corrected chi connectivity index (χ2v) is 7.88. The highest BCUT2D eigenvalue weighted by molar-refractivity contribution is 6.55. The van der Waals surface area contributed by atoms with Gasteiger partial charge in [0, 0.05) is 6.21 Å². The molecular weight excluding hydrogens is 373 g/mol. The summed E-state index contributed by atoms with van der Waals surface area (Å²) < 4.78 is 11.9. The van der Waals surface area contributed by atoms with Crippen molar-refractivity contribution >= 4 is 29.4 Å². The van der Waals surface area contributed by atoms with Crippen molar-refractivity contribution in [3.05, 3.63) is 33.8 Å². The Morgan fingerprint density at radius 1 is 1.19 bits per heavy atom. The predicted molar refractivity (Wildman–Crippen MR) is 110 cm³/mol. The molecule has 0 aliphatic carbocycles. The van der Waals surface area contributed by atoms with E-state index in [-0.39, 0.29) is 10.1 Å². The maximum absolute atomic E-state index is 5.99. The van der Waals surface area contributed by atoms with Gasteiger partial charge in [0.05, 0.1) is 6.61 Å². The molecule has 0 radical (unpaired) electrons. The molecule has 1 aromatic rings. The Bertz CT molecular complexity index is 618. The van der Waals surface area contributed by atoms with Crippen LogP contribution in [0.3, 0.4) is 0 Å². The van der Waals surface area contributed by atoms with Crippen LogP contribution in [0.2, 0.25) is 0 Å². The van der Waals surface area contributed by atoms with Gasteiger partial charge in [-0.3, -0.25) is 0 Å². The van der Waals surface area contributed by atoms with Crippen LogP contribution in [0, 0.1) is 6.92 Å². The van der Waals surface area contributed by atoms with E-state index in [2.05, 4.69) is 12.1 Å². The summed E-state index contributed by atoms with van der Waals surface area (Å²) in [6.45, 7) is 11.0. The fourth-order valence-electron chi connectivity index (χ4n) is 2.16. The minimum absolute atomic E-state index is 0.203. The fourth-order valence-corrected chi connectivity index (χ4v) is 2.29. The van der Waals surface area contributed by atoms with Crippen LogP contribution >= 0.6 is 23.2 Å². The van der Waals surface area contributed by atoms with E-state index in [4.69, 9.17) is 37.5 Å². The van der Waals surface area contributed by atoms with E-state index in [0.717, 1.165) is 41.9 Å². The average molecular weight is 402 g/mol. The lowest BCUT2D eigenvalue weighted by atomic mass is 10.1. The Balaban J connectivity index is 2.54. The third-order valence-electron chi connectivity index (χ3n) is 3.32. The molecule has 0 amide bonds. The van der Waals surface area contributed by atoms with Crippen LogP contribution in [0.1, 0.15) is 51.7 Å². The van der Waals surface area contributed by atoms with E-state index in [1.807, 2.05) is 39.8 Å². The van der Waals surface area contributed by atoms with Gasteiger partial charge in [0.2, 0.25) is 0 Å². The number of unbranched alkanes of at least 4 members (excludes halogenated alkanes) is 1. The van der Waals surface area contributed by atoms with Crippen molar-refractivity contribution in [2.75, 3.05) is 13.2 Å². The van der Waals surface area contributed by atoms with Crippen LogP contribution in [0.5, 0.6) is 11.5 Å². The van der Waals surface area contributed by atoms with Crippen LogP contribution in [-0.4, -0.2) is 25.0 Å². The van der Waals surface area contributed by atoms with E-state index in [0.29, 0.717) is 13.2 Å². The topological polar surface area (TPSA) is 40.0 Å². The maximum Gasteiger partial charge on any atom is 0.129 e. The van der Waals surface area contributed by atoms with E-state index in [9.17, 15) is 0 Å². The molecule has 146 valence electrons. The summed E-state index contributed by atoms with van der Waals surface area (Å²) in [6.07, 6.45) is 5.94. The highest BCUT2D eigenvalue weighted by atomic mass is 35.5. The summed E-state index contributed by atoms with van der Waals surface area (Å²) >= 11 is 11.2. The van der Waals surface area contributed by atoms with Gasteiger partial charge in [-0.1, -0.05) is 35.3 Å². The van der Waals surface area contributed by atoms with E-state index in [1.54, 1.807) is 12.3 Å². The zero-order chi connectivity index (χ0) is 19.6. The lowest BCUT2D eigenvalue weighted by Gasteiger charge is -2.16. The first-order chi connectivity index (χ1) is 12.2. The maximum atomic E-state index is 5.99. The lowest BCUT2D eigenvalue weighted by Crippen LogP contribution is -2.15. The summed E-state index contributed by atoms with van der Waals surface area (Å²) in [7, 11) is 0.